The molecule has 0 saturated heterocycles. The van der Waals surface area contributed by atoms with Crippen LogP contribution in [0.15, 0.2) is 58.7 Å². The molecule has 3 aromatic carbocycles. The highest BCUT2D eigenvalue weighted by Gasteiger charge is 2.55. The van der Waals surface area contributed by atoms with Crippen molar-refractivity contribution in [2.45, 2.75) is 134 Å². The van der Waals surface area contributed by atoms with Crippen molar-refractivity contribution < 1.29 is 0 Å². The van der Waals surface area contributed by atoms with Crippen molar-refractivity contribution in [1.29, 1.82) is 0 Å². The zero-order chi connectivity index (χ0) is 35.1. The minimum Gasteiger partial charge on any atom is -0.0656 e. The molecule has 0 fully saturated rings. The summed E-state index contributed by atoms with van der Waals surface area (Å²) in [6.45, 7) is 47.3. The molecule has 0 heterocycles. The molecule has 4 heteroatoms. The minimum atomic E-state index is -2.84. The summed E-state index contributed by atoms with van der Waals surface area (Å²) >= 11 is 0. The quantitative estimate of drug-likeness (QED) is 0.173. The van der Waals surface area contributed by atoms with Crippen LogP contribution in [-0.2, 0) is 0 Å². The molecule has 1 aliphatic carbocycles. The van der Waals surface area contributed by atoms with Crippen LogP contribution in [0.1, 0.15) is 61.1 Å². The molecule has 1 aliphatic rings. The fourth-order valence-corrected chi connectivity index (χ4v) is 24.3. The number of aryl methyl sites for hydroxylation is 6. The smallest absolute Gasteiger partial charge is 0.0656 e. The first-order valence-corrected chi connectivity index (χ1v) is 30.2. The topological polar surface area (TPSA) is 0 Å². The second kappa shape index (κ2) is 12.2. The first-order chi connectivity index (χ1) is 20.9. The van der Waals surface area contributed by atoms with Crippen molar-refractivity contribution in [3.63, 3.8) is 0 Å². The highest BCUT2D eigenvalue weighted by molar-refractivity contribution is 7.20. The SMILES string of the molecule is CC1=C(C)C([Si](c2cc(C)c(C)cc2[Si](C)(C)C)(c2cc(C)c(C)cc2[Si](C)(C)C)c2cc(C)c(C)cc2[Si](C)(C)C)C(C)=C1C. The molecule has 0 radical (unpaired) electrons. The van der Waals surface area contributed by atoms with Crippen LogP contribution in [-0.4, -0.2) is 32.3 Å². The van der Waals surface area contributed by atoms with Crippen LogP contribution in [0.5, 0.6) is 0 Å². The summed E-state index contributed by atoms with van der Waals surface area (Å²) in [6.07, 6.45) is 0. The fourth-order valence-electron chi connectivity index (χ4n) is 8.19. The molecule has 0 aromatic heterocycles. The van der Waals surface area contributed by atoms with Crippen molar-refractivity contribution in [3.8, 4) is 0 Å². The Bertz CT molecular complexity index is 1590. The van der Waals surface area contributed by atoms with Gasteiger partial charge in [-0.05, 0) is 129 Å². The second-order valence-electron chi connectivity index (χ2n) is 18.1. The molecule has 248 valence electrons. The summed E-state index contributed by atoms with van der Waals surface area (Å²) in [5, 5.41) is 10.2. The van der Waals surface area contributed by atoms with Crippen molar-refractivity contribution >= 4 is 63.4 Å². The van der Waals surface area contributed by atoms with Gasteiger partial charge in [0.25, 0.3) is 0 Å². The monoisotopic (exact) mass is 680 g/mol. The van der Waals surface area contributed by atoms with E-state index in [2.05, 4.69) is 165 Å². The van der Waals surface area contributed by atoms with Gasteiger partial charge in [0.1, 0.15) is 0 Å². The van der Waals surface area contributed by atoms with E-state index >= 15 is 0 Å². The van der Waals surface area contributed by atoms with Crippen molar-refractivity contribution in [2.24, 2.45) is 0 Å². The molecule has 0 saturated carbocycles. The van der Waals surface area contributed by atoms with Crippen LogP contribution in [0.2, 0.25) is 64.5 Å². The van der Waals surface area contributed by atoms with Crippen LogP contribution < -0.4 is 31.1 Å². The van der Waals surface area contributed by atoms with E-state index in [1.54, 1.807) is 42.3 Å². The summed E-state index contributed by atoms with van der Waals surface area (Å²) in [4.78, 5) is 0. The normalized spacial score (nSPS) is 15.5. The largest absolute Gasteiger partial charge is 0.158 e. The van der Waals surface area contributed by atoms with Gasteiger partial charge in [0.05, 0.1) is 24.2 Å². The standard InChI is InChI=1S/C42H64Si4/c1-26-20-36(43(11,12)13)39(23-29(26)4)46(42-34(9)32(7)33(8)35(42)10,40-24-30(5)27(2)21-37(40)44(14,15)16)41-25-31(6)28(3)22-38(41)45(17,18)19/h20-25,42H,1-19H3. The van der Waals surface area contributed by atoms with Gasteiger partial charge in [-0.25, -0.2) is 0 Å². The fraction of sp³-hybridized carbons (Fsp3) is 0.476. The third-order valence-corrected chi connectivity index (χ3v) is 24.0. The Morgan fingerprint density at radius 2 is 0.522 bits per heavy atom. The molecular formula is C42H64Si4. The van der Waals surface area contributed by atoms with Gasteiger partial charge in [-0.15, -0.1) is 0 Å². The number of allylic oxidation sites excluding steroid dienone is 4. The molecular weight excluding hydrogens is 617 g/mol. The summed E-state index contributed by atoms with van der Waals surface area (Å²) in [6, 6.07) is 16.1. The van der Waals surface area contributed by atoms with E-state index in [1.165, 1.54) is 44.5 Å². The third kappa shape index (κ3) is 6.06. The number of hydrogen-bond acceptors (Lipinski definition) is 0. The lowest BCUT2D eigenvalue weighted by Gasteiger charge is -2.48. The molecule has 3 aromatic rings. The minimum absolute atomic E-state index is 0.388. The van der Waals surface area contributed by atoms with Crippen LogP contribution in [0.3, 0.4) is 0 Å². The molecule has 0 aliphatic heterocycles. The van der Waals surface area contributed by atoms with Gasteiger partial charge in [0, 0.05) is 5.54 Å². The van der Waals surface area contributed by atoms with Crippen molar-refractivity contribution in [2.75, 3.05) is 0 Å². The van der Waals surface area contributed by atoms with Crippen LogP contribution in [0.4, 0.5) is 0 Å². The Morgan fingerprint density at radius 1 is 0.326 bits per heavy atom. The summed E-state index contributed by atoms with van der Waals surface area (Å²) < 4.78 is 0. The van der Waals surface area contributed by atoms with Crippen LogP contribution >= 0.6 is 0 Å². The number of hydrogen-bond donors (Lipinski definition) is 0. The highest BCUT2D eigenvalue weighted by Crippen LogP contribution is 2.46. The highest BCUT2D eigenvalue weighted by atomic mass is 28.3. The first kappa shape index (κ1) is 36.8. The van der Waals surface area contributed by atoms with E-state index in [1.807, 2.05) is 0 Å². The van der Waals surface area contributed by atoms with Gasteiger partial charge in [-0.1, -0.05) is 122 Å². The summed E-state index contributed by atoms with van der Waals surface area (Å²) in [7, 11) is -8.20. The maximum absolute atomic E-state index is 2.84. The molecule has 0 N–H and O–H groups in total. The van der Waals surface area contributed by atoms with E-state index in [0.29, 0.717) is 5.54 Å². The van der Waals surface area contributed by atoms with Crippen LogP contribution in [0, 0.1) is 41.5 Å². The van der Waals surface area contributed by atoms with Crippen molar-refractivity contribution in [1.82, 2.24) is 0 Å². The molecule has 0 spiro atoms. The Morgan fingerprint density at radius 3 is 0.717 bits per heavy atom. The van der Waals surface area contributed by atoms with E-state index in [0.717, 1.165) is 0 Å². The van der Waals surface area contributed by atoms with Gasteiger partial charge in [0.15, 0.2) is 8.07 Å². The average molecular weight is 681 g/mol. The van der Waals surface area contributed by atoms with E-state index < -0.39 is 32.3 Å². The van der Waals surface area contributed by atoms with Crippen molar-refractivity contribution in [3.05, 3.63) is 92.1 Å². The van der Waals surface area contributed by atoms with Gasteiger partial charge in [0.2, 0.25) is 0 Å². The molecule has 4 rings (SSSR count). The molecule has 0 bridgehead atoms. The summed E-state index contributed by atoms with van der Waals surface area (Å²) in [5.74, 6) is 0. The zero-order valence-electron chi connectivity index (χ0n) is 33.0. The third-order valence-electron chi connectivity index (χ3n) is 11.6. The molecule has 46 heavy (non-hydrogen) atoms. The van der Waals surface area contributed by atoms with Gasteiger partial charge >= 0.3 is 0 Å². The van der Waals surface area contributed by atoms with Gasteiger partial charge in [-0.2, -0.15) is 0 Å². The zero-order valence-corrected chi connectivity index (χ0v) is 37.0. The lowest BCUT2D eigenvalue weighted by atomic mass is 10.1. The number of benzene rings is 3. The number of rotatable bonds is 7. The molecule has 0 amide bonds. The van der Waals surface area contributed by atoms with E-state index in [-0.39, 0.29) is 0 Å². The Kier molecular flexibility index (Phi) is 9.74. The van der Waals surface area contributed by atoms with Crippen LogP contribution in [0.25, 0.3) is 0 Å². The summed E-state index contributed by atoms with van der Waals surface area (Å²) in [5.41, 5.74) is 15.3. The Balaban J connectivity index is 2.57. The van der Waals surface area contributed by atoms with Gasteiger partial charge in [-0.3, -0.25) is 0 Å². The van der Waals surface area contributed by atoms with E-state index in [9.17, 15) is 0 Å². The van der Waals surface area contributed by atoms with E-state index in [4.69, 9.17) is 0 Å². The molecule has 0 nitrogen and oxygen atoms in total. The lowest BCUT2D eigenvalue weighted by molar-refractivity contribution is 1.09. The molecule has 0 unspecified atom stereocenters. The second-order valence-corrected chi connectivity index (χ2v) is 37.0. The predicted molar refractivity (Wildman–Crippen MR) is 222 cm³/mol. The van der Waals surface area contributed by atoms with Gasteiger partial charge < -0.3 is 0 Å². The first-order valence-electron chi connectivity index (χ1n) is 17.6. The Hall–Kier alpha value is -1.99. The maximum atomic E-state index is 2.73. The Labute approximate surface area is 287 Å². The average Bonchev–Trinajstić information content (AvgIpc) is 3.10. The predicted octanol–water partition coefficient (Wildman–Crippen LogP) is 8.70. The molecule has 0 atom stereocenters. The maximum Gasteiger partial charge on any atom is 0.158 e. The lowest BCUT2D eigenvalue weighted by Crippen LogP contribution is -2.81.